The third-order valence-corrected chi connectivity index (χ3v) is 4.19. The number of carbonyl (C=O) groups excluding carboxylic acids is 1. The van der Waals surface area contributed by atoms with Crippen molar-refractivity contribution in [1.29, 1.82) is 0 Å². The number of benzene rings is 2. The highest BCUT2D eigenvalue weighted by atomic mass is 35.5. The van der Waals surface area contributed by atoms with E-state index in [0.29, 0.717) is 16.4 Å². The maximum Gasteiger partial charge on any atom is 0.231 e. The summed E-state index contributed by atoms with van der Waals surface area (Å²) in [5.74, 6) is -0.135. The van der Waals surface area contributed by atoms with Crippen molar-refractivity contribution in [2.45, 2.75) is 25.2 Å². The lowest BCUT2D eigenvalue weighted by molar-refractivity contribution is -0.117. The lowest BCUT2D eigenvalue weighted by Gasteiger charge is -2.24. The number of nitrogen functional groups attached to an aromatic ring is 1. The highest BCUT2D eigenvalue weighted by molar-refractivity contribution is 6.31. The van der Waals surface area contributed by atoms with Gasteiger partial charge in [0.05, 0.1) is 17.3 Å². The minimum absolute atomic E-state index is 0.0175. The number of halogens is 1. The second kappa shape index (κ2) is 5.78. The van der Waals surface area contributed by atoms with Crippen LogP contribution in [0.25, 0.3) is 0 Å². The summed E-state index contributed by atoms with van der Waals surface area (Å²) in [4.78, 5) is 12.6. The highest BCUT2D eigenvalue weighted by Gasteiger charge is 2.26. The van der Waals surface area contributed by atoms with Gasteiger partial charge in [0.1, 0.15) is 0 Å². The van der Waals surface area contributed by atoms with Gasteiger partial charge in [0.15, 0.2) is 0 Å². The molecule has 0 aromatic heterocycles. The van der Waals surface area contributed by atoms with Gasteiger partial charge in [-0.05, 0) is 48.6 Å². The van der Waals surface area contributed by atoms with Crippen LogP contribution in [0.1, 0.15) is 29.9 Å². The van der Waals surface area contributed by atoms with Crippen molar-refractivity contribution in [3.8, 4) is 0 Å². The van der Waals surface area contributed by atoms with Crippen LogP contribution in [0.3, 0.4) is 0 Å². The molecule has 1 atom stereocenters. The normalized spacial score (nSPS) is 17.1. The Morgan fingerprint density at radius 1 is 1.24 bits per heavy atom. The van der Waals surface area contributed by atoms with Crippen LogP contribution in [0, 0.1) is 0 Å². The number of hydrogen-bond acceptors (Lipinski definition) is 2. The van der Waals surface area contributed by atoms with Gasteiger partial charge in [0.2, 0.25) is 5.91 Å². The van der Waals surface area contributed by atoms with E-state index in [9.17, 15) is 4.79 Å². The van der Waals surface area contributed by atoms with Crippen LogP contribution in [0.5, 0.6) is 0 Å². The van der Waals surface area contributed by atoms with Crippen molar-refractivity contribution in [3.05, 3.63) is 58.6 Å². The molecule has 3 N–H and O–H groups in total. The molecule has 0 radical (unpaired) electrons. The standard InChI is InChI=1S/C17H17ClN2O/c18-12-8-9-15(19)16(10-12)20-17(21)14-7-3-5-11-4-1-2-6-13(11)14/h1-2,4,6,8-10,14H,3,5,7,19H2,(H,20,21). The largest absolute Gasteiger partial charge is 0.397 e. The number of aryl methyl sites for hydroxylation is 1. The summed E-state index contributed by atoms with van der Waals surface area (Å²) in [5.41, 5.74) is 9.39. The average molecular weight is 301 g/mol. The van der Waals surface area contributed by atoms with Crippen molar-refractivity contribution < 1.29 is 4.79 Å². The monoisotopic (exact) mass is 300 g/mol. The molecule has 0 saturated carbocycles. The number of rotatable bonds is 2. The molecule has 4 heteroatoms. The summed E-state index contributed by atoms with van der Waals surface area (Å²) >= 11 is 5.96. The van der Waals surface area contributed by atoms with Gasteiger partial charge in [-0.25, -0.2) is 0 Å². The molecule has 3 nitrogen and oxygen atoms in total. The zero-order chi connectivity index (χ0) is 14.8. The molecule has 21 heavy (non-hydrogen) atoms. The first-order chi connectivity index (χ1) is 10.1. The lowest BCUT2D eigenvalue weighted by atomic mass is 9.82. The third kappa shape index (κ3) is 2.88. The fourth-order valence-electron chi connectivity index (χ4n) is 2.88. The quantitative estimate of drug-likeness (QED) is 0.824. The van der Waals surface area contributed by atoms with Crippen molar-refractivity contribution in [1.82, 2.24) is 0 Å². The van der Waals surface area contributed by atoms with Crippen LogP contribution in [0.2, 0.25) is 5.02 Å². The molecule has 108 valence electrons. The first-order valence-corrected chi connectivity index (χ1v) is 7.46. The Hall–Kier alpha value is -2.00. The van der Waals surface area contributed by atoms with E-state index in [2.05, 4.69) is 11.4 Å². The van der Waals surface area contributed by atoms with E-state index in [1.54, 1.807) is 18.2 Å². The Morgan fingerprint density at radius 3 is 2.90 bits per heavy atom. The molecular weight excluding hydrogens is 284 g/mol. The van der Waals surface area contributed by atoms with E-state index in [-0.39, 0.29) is 11.8 Å². The molecule has 2 aromatic carbocycles. The molecule has 0 bridgehead atoms. The Morgan fingerprint density at radius 2 is 2.05 bits per heavy atom. The summed E-state index contributed by atoms with van der Waals surface area (Å²) in [7, 11) is 0. The first-order valence-electron chi connectivity index (χ1n) is 7.09. The van der Waals surface area contributed by atoms with E-state index in [4.69, 9.17) is 17.3 Å². The molecule has 1 aliphatic rings. The van der Waals surface area contributed by atoms with E-state index < -0.39 is 0 Å². The minimum Gasteiger partial charge on any atom is -0.397 e. The number of amides is 1. The summed E-state index contributed by atoms with van der Waals surface area (Å²) < 4.78 is 0. The predicted octanol–water partition coefficient (Wildman–Crippen LogP) is 3.98. The first kappa shape index (κ1) is 14.0. The highest BCUT2D eigenvalue weighted by Crippen LogP contribution is 2.33. The van der Waals surface area contributed by atoms with Crippen molar-refractivity contribution in [2.75, 3.05) is 11.1 Å². The molecule has 0 spiro atoms. The number of fused-ring (bicyclic) bond motifs is 1. The van der Waals surface area contributed by atoms with Crippen LogP contribution >= 0.6 is 11.6 Å². The molecular formula is C17H17ClN2O. The average Bonchev–Trinajstić information content (AvgIpc) is 2.50. The molecule has 0 aliphatic heterocycles. The van der Waals surface area contributed by atoms with Gasteiger partial charge >= 0.3 is 0 Å². The van der Waals surface area contributed by atoms with Crippen LogP contribution in [0.4, 0.5) is 11.4 Å². The van der Waals surface area contributed by atoms with Crippen molar-refractivity contribution in [3.63, 3.8) is 0 Å². The van der Waals surface area contributed by atoms with Gasteiger partial charge in [-0.3, -0.25) is 4.79 Å². The number of carbonyl (C=O) groups is 1. The van der Waals surface area contributed by atoms with Gasteiger partial charge in [-0.15, -0.1) is 0 Å². The van der Waals surface area contributed by atoms with Crippen LogP contribution in [-0.4, -0.2) is 5.91 Å². The molecule has 1 amide bonds. The molecule has 0 fully saturated rings. The van der Waals surface area contributed by atoms with Crippen LogP contribution in [-0.2, 0) is 11.2 Å². The van der Waals surface area contributed by atoms with E-state index >= 15 is 0 Å². The van der Waals surface area contributed by atoms with Gasteiger partial charge in [-0.1, -0.05) is 35.9 Å². The fraction of sp³-hybridized carbons (Fsp3) is 0.235. The lowest BCUT2D eigenvalue weighted by Crippen LogP contribution is -2.25. The van der Waals surface area contributed by atoms with Gasteiger partial charge in [0.25, 0.3) is 0 Å². The maximum atomic E-state index is 12.6. The second-order valence-corrected chi connectivity index (χ2v) is 5.80. The smallest absolute Gasteiger partial charge is 0.231 e. The van der Waals surface area contributed by atoms with Crippen LogP contribution in [0.15, 0.2) is 42.5 Å². The Labute approximate surface area is 129 Å². The topological polar surface area (TPSA) is 55.1 Å². The number of anilines is 2. The minimum atomic E-state index is -0.117. The Bertz CT molecular complexity index is 684. The number of nitrogens with two attached hydrogens (primary N) is 1. The number of nitrogens with one attached hydrogen (secondary N) is 1. The maximum absolute atomic E-state index is 12.6. The van der Waals surface area contributed by atoms with Gasteiger partial charge in [-0.2, -0.15) is 0 Å². The van der Waals surface area contributed by atoms with Crippen LogP contribution < -0.4 is 11.1 Å². The van der Waals surface area contributed by atoms with E-state index in [1.165, 1.54) is 5.56 Å². The Balaban J connectivity index is 1.85. The van der Waals surface area contributed by atoms with Gasteiger partial charge in [0, 0.05) is 5.02 Å². The zero-order valence-corrected chi connectivity index (χ0v) is 12.4. The molecule has 3 rings (SSSR count). The molecule has 1 aliphatic carbocycles. The summed E-state index contributed by atoms with van der Waals surface area (Å²) in [6.45, 7) is 0. The summed E-state index contributed by atoms with van der Waals surface area (Å²) in [6, 6.07) is 13.2. The molecule has 0 heterocycles. The second-order valence-electron chi connectivity index (χ2n) is 5.36. The SMILES string of the molecule is Nc1ccc(Cl)cc1NC(=O)C1CCCc2ccccc21. The summed E-state index contributed by atoms with van der Waals surface area (Å²) in [5, 5.41) is 3.47. The van der Waals surface area contributed by atoms with Crippen molar-refractivity contribution in [2.24, 2.45) is 0 Å². The molecule has 0 saturated heterocycles. The van der Waals surface area contributed by atoms with E-state index in [1.807, 2.05) is 18.2 Å². The molecule has 1 unspecified atom stereocenters. The van der Waals surface area contributed by atoms with Gasteiger partial charge < -0.3 is 11.1 Å². The molecule has 2 aromatic rings. The summed E-state index contributed by atoms with van der Waals surface area (Å²) in [6.07, 6.45) is 2.93. The van der Waals surface area contributed by atoms with E-state index in [0.717, 1.165) is 24.8 Å². The third-order valence-electron chi connectivity index (χ3n) is 3.96. The zero-order valence-electron chi connectivity index (χ0n) is 11.6. The Kier molecular flexibility index (Phi) is 3.84. The van der Waals surface area contributed by atoms with Crippen molar-refractivity contribution >= 4 is 28.9 Å². The predicted molar refractivity (Wildman–Crippen MR) is 86.6 cm³/mol. The number of hydrogen-bond donors (Lipinski definition) is 2. The fourth-order valence-corrected chi connectivity index (χ4v) is 3.05.